The van der Waals surface area contributed by atoms with E-state index in [4.69, 9.17) is 16.3 Å². The number of aromatic amines is 1. The van der Waals surface area contributed by atoms with E-state index in [1.165, 1.54) is 42.0 Å². The summed E-state index contributed by atoms with van der Waals surface area (Å²) < 4.78 is 7.53. The molecule has 5 rings (SSSR count). The highest BCUT2D eigenvalue weighted by atomic mass is 35.5. The molecule has 2 heterocycles. The van der Waals surface area contributed by atoms with Crippen LogP contribution in [0.3, 0.4) is 0 Å². The van der Waals surface area contributed by atoms with Crippen molar-refractivity contribution in [1.82, 2.24) is 14.1 Å². The van der Waals surface area contributed by atoms with Crippen molar-refractivity contribution >= 4 is 28.6 Å². The number of ether oxygens (including phenoxy) is 1. The number of aromatic hydroxyl groups is 1. The molecule has 0 saturated carbocycles. The molecule has 0 spiro atoms. The highest BCUT2D eigenvalue weighted by molar-refractivity contribution is 6.31. The molecule has 0 aliphatic carbocycles. The van der Waals surface area contributed by atoms with Crippen LogP contribution in [-0.2, 0) is 0 Å². The number of para-hydroxylation sites is 1. The van der Waals surface area contributed by atoms with Crippen molar-refractivity contribution in [3.63, 3.8) is 0 Å². The van der Waals surface area contributed by atoms with Gasteiger partial charge in [-0.3, -0.25) is 9.36 Å². The second-order valence-corrected chi connectivity index (χ2v) is 8.28. The zero-order chi connectivity index (χ0) is 25.6. The maximum Gasteiger partial charge on any atom is 0.335 e. The van der Waals surface area contributed by atoms with Gasteiger partial charge in [-0.2, -0.15) is 0 Å². The molecule has 0 unspecified atom stereocenters. The zero-order valence-electron chi connectivity index (χ0n) is 18.7. The molecule has 0 radical (unpaired) electrons. The number of aromatic carboxylic acids is 1. The molecule has 0 amide bonds. The van der Waals surface area contributed by atoms with Gasteiger partial charge in [0.25, 0.3) is 5.56 Å². The first-order chi connectivity index (χ1) is 17.3. The second kappa shape index (κ2) is 8.79. The van der Waals surface area contributed by atoms with E-state index in [1.54, 1.807) is 42.5 Å². The number of phenolic OH excluding ortho intramolecular Hbond substituents is 1. The van der Waals surface area contributed by atoms with Crippen molar-refractivity contribution in [2.24, 2.45) is 0 Å². The molecule has 5 aromatic rings. The molecule has 36 heavy (non-hydrogen) atoms. The minimum atomic E-state index is -1.18. The summed E-state index contributed by atoms with van der Waals surface area (Å²) in [6.07, 6.45) is 0. The van der Waals surface area contributed by atoms with Crippen LogP contribution in [0.25, 0.3) is 33.5 Å². The van der Waals surface area contributed by atoms with Gasteiger partial charge >= 0.3 is 11.7 Å². The summed E-state index contributed by atoms with van der Waals surface area (Å²) in [6.45, 7) is 0. The third-order valence-corrected chi connectivity index (χ3v) is 6.09. The Morgan fingerprint density at radius 2 is 1.67 bits per heavy atom. The van der Waals surface area contributed by atoms with Gasteiger partial charge in [0, 0.05) is 11.3 Å². The average molecular weight is 504 g/mol. The van der Waals surface area contributed by atoms with Gasteiger partial charge in [-0.1, -0.05) is 41.9 Å². The molecule has 3 aromatic carbocycles. The Morgan fingerprint density at radius 3 is 2.36 bits per heavy atom. The topological polar surface area (TPSA) is 127 Å². The van der Waals surface area contributed by atoms with Crippen molar-refractivity contribution < 1.29 is 19.7 Å². The second-order valence-electron chi connectivity index (χ2n) is 7.89. The lowest BCUT2D eigenvalue weighted by Crippen LogP contribution is -2.34. The highest BCUT2D eigenvalue weighted by Crippen LogP contribution is 2.37. The molecule has 180 valence electrons. The molecule has 0 atom stereocenters. The largest absolute Gasteiger partial charge is 0.504 e. The third kappa shape index (κ3) is 3.71. The maximum absolute atomic E-state index is 13.5. The standard InChI is InChI=1S/C26H18ClN3O6/c1-36-20-7-3-6-18(23(20)31)14-8-10-16(11-9-14)29-21(27)13-19-22(29)24(32)30(26(35)28-19)17-5-2-4-15(12-17)25(33)34/h2-13,31H,1H3,(H,28,35)(H,33,34). The van der Waals surface area contributed by atoms with Crippen molar-refractivity contribution in [2.75, 3.05) is 7.11 Å². The number of rotatable bonds is 5. The molecule has 10 heteroatoms. The third-order valence-electron chi connectivity index (χ3n) is 5.81. The number of carbonyl (C=O) groups is 1. The number of methoxy groups -OCH3 is 1. The van der Waals surface area contributed by atoms with Crippen LogP contribution < -0.4 is 16.0 Å². The normalized spacial score (nSPS) is 11.1. The molecule has 0 aliphatic heterocycles. The van der Waals surface area contributed by atoms with E-state index < -0.39 is 17.2 Å². The molecule has 2 aromatic heterocycles. The number of fused-ring (bicyclic) bond motifs is 1. The number of nitrogens with one attached hydrogen (secondary N) is 1. The van der Waals surface area contributed by atoms with E-state index >= 15 is 0 Å². The minimum Gasteiger partial charge on any atom is -0.504 e. The van der Waals surface area contributed by atoms with E-state index in [-0.39, 0.29) is 33.2 Å². The number of H-pyrrole nitrogens is 1. The van der Waals surface area contributed by atoms with Gasteiger partial charge in [-0.25, -0.2) is 14.2 Å². The van der Waals surface area contributed by atoms with Crippen LogP contribution in [0.2, 0.25) is 5.15 Å². The van der Waals surface area contributed by atoms with Crippen LogP contribution in [-0.4, -0.2) is 37.4 Å². The molecular weight excluding hydrogens is 486 g/mol. The lowest BCUT2D eigenvalue weighted by Gasteiger charge is -2.12. The Kier molecular flexibility index (Phi) is 5.62. The van der Waals surface area contributed by atoms with Gasteiger partial charge in [0.1, 0.15) is 10.7 Å². The molecule has 0 fully saturated rings. The monoisotopic (exact) mass is 503 g/mol. The predicted molar refractivity (Wildman–Crippen MR) is 135 cm³/mol. The number of carboxylic acid groups (broad SMARTS) is 1. The fraction of sp³-hybridized carbons (Fsp3) is 0.0385. The Bertz CT molecular complexity index is 1770. The molecule has 0 bridgehead atoms. The summed E-state index contributed by atoms with van der Waals surface area (Å²) in [7, 11) is 1.47. The summed E-state index contributed by atoms with van der Waals surface area (Å²) in [5.74, 6) is -0.843. The first-order valence-electron chi connectivity index (χ1n) is 10.7. The Balaban J connectivity index is 1.67. The molecule has 0 aliphatic rings. The van der Waals surface area contributed by atoms with Crippen LogP contribution in [0.15, 0.2) is 82.4 Å². The number of nitrogens with zero attached hydrogens (tertiary/aromatic N) is 2. The van der Waals surface area contributed by atoms with Crippen molar-refractivity contribution in [3.8, 4) is 34.0 Å². The molecule has 9 nitrogen and oxygen atoms in total. The van der Waals surface area contributed by atoms with Gasteiger partial charge in [-0.05, 0) is 48.0 Å². The van der Waals surface area contributed by atoms with Crippen LogP contribution in [0.1, 0.15) is 10.4 Å². The van der Waals surface area contributed by atoms with E-state index in [2.05, 4.69) is 4.98 Å². The smallest absolute Gasteiger partial charge is 0.335 e. The molecule has 0 saturated heterocycles. The van der Waals surface area contributed by atoms with Gasteiger partial charge < -0.3 is 19.9 Å². The fourth-order valence-corrected chi connectivity index (χ4v) is 4.42. The number of phenols is 1. The van der Waals surface area contributed by atoms with Gasteiger partial charge in [0.05, 0.1) is 23.9 Å². The molecular formula is C26H18ClN3O6. The highest BCUT2D eigenvalue weighted by Gasteiger charge is 2.19. The van der Waals surface area contributed by atoms with Gasteiger partial charge in [-0.15, -0.1) is 0 Å². The van der Waals surface area contributed by atoms with Gasteiger partial charge in [0.15, 0.2) is 11.5 Å². The van der Waals surface area contributed by atoms with E-state index in [0.717, 1.165) is 4.57 Å². The zero-order valence-corrected chi connectivity index (χ0v) is 19.5. The number of aromatic nitrogens is 3. The summed E-state index contributed by atoms with van der Waals surface area (Å²) in [5.41, 5.74) is 0.793. The number of hydrogen-bond acceptors (Lipinski definition) is 5. The van der Waals surface area contributed by atoms with Crippen LogP contribution in [0.4, 0.5) is 0 Å². The van der Waals surface area contributed by atoms with E-state index in [0.29, 0.717) is 22.6 Å². The summed E-state index contributed by atoms with van der Waals surface area (Å²) in [6, 6.07) is 19.1. The first kappa shape index (κ1) is 23.0. The number of benzene rings is 3. The average Bonchev–Trinajstić information content (AvgIpc) is 3.20. The predicted octanol–water partition coefficient (Wildman–Crippen LogP) is 4.20. The Labute approximate surface area is 208 Å². The SMILES string of the molecule is COc1cccc(-c2ccc(-n3c(Cl)cc4[nH]c(=O)n(-c5cccc(C(=O)O)c5)c(=O)c43)cc2)c1O. The van der Waals surface area contributed by atoms with Crippen molar-refractivity contribution in [3.05, 3.63) is 104 Å². The van der Waals surface area contributed by atoms with E-state index in [9.17, 15) is 24.6 Å². The minimum absolute atomic E-state index is 0.00116. The fourth-order valence-electron chi connectivity index (χ4n) is 4.13. The quantitative estimate of drug-likeness (QED) is 0.330. The van der Waals surface area contributed by atoms with Crippen LogP contribution in [0.5, 0.6) is 11.5 Å². The van der Waals surface area contributed by atoms with E-state index in [1.807, 2.05) is 0 Å². The van der Waals surface area contributed by atoms with Gasteiger partial charge in [0.2, 0.25) is 0 Å². The Morgan fingerprint density at radius 1 is 0.944 bits per heavy atom. The van der Waals surface area contributed by atoms with Crippen molar-refractivity contribution in [1.29, 1.82) is 0 Å². The number of hydrogen-bond donors (Lipinski definition) is 3. The van der Waals surface area contributed by atoms with Crippen LogP contribution in [0, 0.1) is 0 Å². The first-order valence-corrected chi connectivity index (χ1v) is 11.0. The molecule has 3 N–H and O–H groups in total. The van der Waals surface area contributed by atoms with Crippen molar-refractivity contribution in [2.45, 2.75) is 0 Å². The summed E-state index contributed by atoms with van der Waals surface area (Å²) >= 11 is 6.47. The van der Waals surface area contributed by atoms with Crippen LogP contribution >= 0.6 is 11.6 Å². The maximum atomic E-state index is 13.5. The summed E-state index contributed by atoms with van der Waals surface area (Å²) in [5, 5.41) is 20.0. The lowest BCUT2D eigenvalue weighted by atomic mass is 10.0. The number of carboxylic acids is 1. The summed E-state index contributed by atoms with van der Waals surface area (Å²) in [4.78, 5) is 40.3. The Hall–Kier alpha value is -4.76. The lowest BCUT2D eigenvalue weighted by molar-refractivity contribution is 0.0697. The number of halogens is 1.